The molecule has 0 spiro atoms. The number of ether oxygens (including phenoxy) is 2. The zero-order valence-corrected chi connectivity index (χ0v) is 13.3. The average Bonchev–Trinajstić information content (AvgIpc) is 2.54. The van der Waals surface area contributed by atoms with Gasteiger partial charge in [-0.1, -0.05) is 24.3 Å². The fourth-order valence-corrected chi connectivity index (χ4v) is 2.28. The standard InChI is InChI=1S/C18H16N2O4/c1-18(2)23-16(21)13(17(22)24-18)11-20-15-8-4-3-7-12(15)14-9-5-6-10-19-14/h3-11,20H,1-2H3. The lowest BCUT2D eigenvalue weighted by molar-refractivity contribution is -0.222. The molecule has 24 heavy (non-hydrogen) atoms. The molecular formula is C18H16N2O4. The molecule has 6 heteroatoms. The summed E-state index contributed by atoms with van der Waals surface area (Å²) in [6, 6.07) is 13.0. The molecule has 1 aromatic carbocycles. The van der Waals surface area contributed by atoms with E-state index in [4.69, 9.17) is 9.47 Å². The molecule has 0 radical (unpaired) electrons. The first-order valence-corrected chi connectivity index (χ1v) is 7.40. The van der Waals surface area contributed by atoms with Crippen molar-refractivity contribution in [3.8, 4) is 11.3 Å². The Hall–Kier alpha value is -3.15. The number of pyridine rings is 1. The van der Waals surface area contributed by atoms with Crippen LogP contribution in [0.2, 0.25) is 0 Å². The number of nitrogens with one attached hydrogen (secondary N) is 1. The van der Waals surface area contributed by atoms with Gasteiger partial charge >= 0.3 is 11.9 Å². The minimum atomic E-state index is -1.25. The maximum atomic E-state index is 12.0. The Morgan fingerprint density at radius 3 is 2.33 bits per heavy atom. The van der Waals surface area contributed by atoms with Gasteiger partial charge < -0.3 is 14.8 Å². The quantitative estimate of drug-likeness (QED) is 0.531. The molecule has 0 atom stereocenters. The van der Waals surface area contributed by atoms with Crippen LogP contribution in [0.15, 0.2) is 60.4 Å². The maximum Gasteiger partial charge on any atom is 0.350 e. The molecule has 1 N–H and O–H groups in total. The molecule has 2 heterocycles. The van der Waals surface area contributed by atoms with Crippen molar-refractivity contribution in [2.45, 2.75) is 19.6 Å². The van der Waals surface area contributed by atoms with Gasteiger partial charge in [0.05, 0.1) is 5.69 Å². The first kappa shape index (κ1) is 15.7. The third kappa shape index (κ3) is 3.27. The number of hydrogen-bond donors (Lipinski definition) is 1. The molecule has 1 aliphatic heterocycles. The highest BCUT2D eigenvalue weighted by Crippen LogP contribution is 2.27. The summed E-state index contributed by atoms with van der Waals surface area (Å²) in [6.45, 7) is 3.01. The lowest BCUT2D eigenvalue weighted by Gasteiger charge is -2.29. The van der Waals surface area contributed by atoms with Crippen LogP contribution in [0.1, 0.15) is 13.8 Å². The highest BCUT2D eigenvalue weighted by atomic mass is 16.7. The van der Waals surface area contributed by atoms with Gasteiger partial charge in [-0.2, -0.15) is 0 Å². The fraction of sp³-hybridized carbons (Fsp3) is 0.167. The number of carbonyl (C=O) groups excluding carboxylic acids is 2. The van der Waals surface area contributed by atoms with Crippen molar-refractivity contribution in [3.05, 3.63) is 60.4 Å². The van der Waals surface area contributed by atoms with Crippen molar-refractivity contribution in [2.75, 3.05) is 5.32 Å². The number of benzene rings is 1. The van der Waals surface area contributed by atoms with Crippen molar-refractivity contribution in [2.24, 2.45) is 0 Å². The normalized spacial score (nSPS) is 16.2. The van der Waals surface area contributed by atoms with Crippen LogP contribution in [0.5, 0.6) is 0 Å². The molecule has 1 aromatic heterocycles. The van der Waals surface area contributed by atoms with Gasteiger partial charge in [-0.3, -0.25) is 4.98 Å². The Morgan fingerprint density at radius 1 is 1.00 bits per heavy atom. The van der Waals surface area contributed by atoms with Gasteiger partial charge in [-0.25, -0.2) is 9.59 Å². The van der Waals surface area contributed by atoms with Gasteiger partial charge in [0.15, 0.2) is 5.57 Å². The molecule has 1 aliphatic rings. The molecule has 122 valence electrons. The Kier molecular flexibility index (Phi) is 4.04. The largest absolute Gasteiger partial charge is 0.419 e. The predicted octanol–water partition coefficient (Wildman–Crippen LogP) is 2.88. The van der Waals surface area contributed by atoms with Crippen LogP contribution < -0.4 is 5.32 Å². The number of hydrogen-bond acceptors (Lipinski definition) is 6. The predicted molar refractivity (Wildman–Crippen MR) is 87.6 cm³/mol. The summed E-state index contributed by atoms with van der Waals surface area (Å²) in [5, 5.41) is 2.97. The van der Waals surface area contributed by atoms with Crippen LogP contribution in [-0.2, 0) is 19.1 Å². The second kappa shape index (κ2) is 6.16. The lowest BCUT2D eigenvalue weighted by atomic mass is 10.1. The summed E-state index contributed by atoms with van der Waals surface area (Å²) in [6.07, 6.45) is 2.99. The number of carbonyl (C=O) groups is 2. The van der Waals surface area contributed by atoms with Crippen LogP contribution in [0.4, 0.5) is 5.69 Å². The van der Waals surface area contributed by atoms with Crippen molar-refractivity contribution in [1.82, 2.24) is 4.98 Å². The fourth-order valence-electron chi connectivity index (χ4n) is 2.28. The van der Waals surface area contributed by atoms with Gasteiger partial charge in [0.25, 0.3) is 5.79 Å². The van der Waals surface area contributed by atoms with E-state index in [-0.39, 0.29) is 5.57 Å². The molecule has 0 bridgehead atoms. The Balaban J connectivity index is 1.88. The van der Waals surface area contributed by atoms with Crippen LogP contribution in [0.3, 0.4) is 0 Å². The monoisotopic (exact) mass is 324 g/mol. The summed E-state index contributed by atoms with van der Waals surface area (Å²) >= 11 is 0. The number of nitrogens with zero attached hydrogens (tertiary/aromatic N) is 1. The molecular weight excluding hydrogens is 308 g/mol. The smallest absolute Gasteiger partial charge is 0.350 e. The SMILES string of the molecule is CC1(C)OC(=O)C(=CNc2ccccc2-c2ccccn2)C(=O)O1. The second-order valence-electron chi connectivity index (χ2n) is 5.64. The number of rotatable bonds is 3. The molecule has 0 aliphatic carbocycles. The molecule has 0 unspecified atom stereocenters. The summed E-state index contributed by atoms with van der Waals surface area (Å²) in [5.74, 6) is -2.70. The van der Waals surface area contributed by atoms with Gasteiger partial charge in [-0.05, 0) is 18.2 Å². The summed E-state index contributed by atoms with van der Waals surface area (Å²) in [7, 11) is 0. The lowest BCUT2D eigenvalue weighted by Crippen LogP contribution is -2.42. The molecule has 1 saturated heterocycles. The van der Waals surface area contributed by atoms with Gasteiger partial charge in [-0.15, -0.1) is 0 Å². The summed E-state index contributed by atoms with van der Waals surface area (Å²) in [5.41, 5.74) is 2.13. The van der Waals surface area contributed by atoms with Crippen LogP contribution in [0.25, 0.3) is 11.3 Å². The first-order valence-electron chi connectivity index (χ1n) is 7.40. The van der Waals surface area contributed by atoms with E-state index in [1.807, 2.05) is 42.5 Å². The molecule has 1 fully saturated rings. The average molecular weight is 324 g/mol. The molecule has 0 amide bonds. The van der Waals surface area contributed by atoms with Crippen molar-refractivity contribution in [1.29, 1.82) is 0 Å². The second-order valence-corrected chi connectivity index (χ2v) is 5.64. The van der Waals surface area contributed by atoms with Gasteiger partial charge in [0.2, 0.25) is 0 Å². The van der Waals surface area contributed by atoms with E-state index >= 15 is 0 Å². The molecule has 3 rings (SSSR count). The summed E-state index contributed by atoms with van der Waals surface area (Å²) < 4.78 is 10.1. The zero-order valence-electron chi connectivity index (χ0n) is 13.3. The Bertz CT molecular complexity index is 791. The topological polar surface area (TPSA) is 77.5 Å². The number of para-hydroxylation sites is 1. The van der Waals surface area contributed by atoms with Gasteiger partial charge in [0.1, 0.15) is 0 Å². The Morgan fingerprint density at radius 2 is 1.67 bits per heavy atom. The van der Waals surface area contributed by atoms with Crippen LogP contribution in [0, 0.1) is 0 Å². The number of cyclic esters (lactones) is 2. The molecule has 2 aromatic rings. The van der Waals surface area contributed by atoms with E-state index < -0.39 is 17.7 Å². The minimum Gasteiger partial charge on any atom is -0.419 e. The number of esters is 2. The minimum absolute atomic E-state index is 0.190. The summed E-state index contributed by atoms with van der Waals surface area (Å²) in [4.78, 5) is 28.2. The number of anilines is 1. The van der Waals surface area contributed by atoms with Crippen LogP contribution >= 0.6 is 0 Å². The highest BCUT2D eigenvalue weighted by molar-refractivity contribution is 6.15. The third-order valence-electron chi connectivity index (χ3n) is 3.36. The van der Waals surface area contributed by atoms with E-state index in [0.29, 0.717) is 5.69 Å². The van der Waals surface area contributed by atoms with E-state index in [0.717, 1.165) is 11.3 Å². The highest BCUT2D eigenvalue weighted by Gasteiger charge is 2.38. The van der Waals surface area contributed by atoms with Gasteiger partial charge in [0, 0.05) is 37.5 Å². The van der Waals surface area contributed by atoms with Crippen molar-refractivity contribution in [3.63, 3.8) is 0 Å². The first-order chi connectivity index (χ1) is 11.5. The Labute approximate surface area is 139 Å². The number of aromatic nitrogens is 1. The van der Waals surface area contributed by atoms with E-state index in [1.165, 1.54) is 20.0 Å². The van der Waals surface area contributed by atoms with Crippen molar-refractivity contribution >= 4 is 17.6 Å². The van der Waals surface area contributed by atoms with E-state index in [9.17, 15) is 9.59 Å². The molecule has 0 saturated carbocycles. The zero-order chi connectivity index (χ0) is 17.2. The van der Waals surface area contributed by atoms with E-state index in [2.05, 4.69) is 10.3 Å². The maximum absolute atomic E-state index is 12.0. The van der Waals surface area contributed by atoms with Crippen LogP contribution in [-0.4, -0.2) is 22.7 Å². The van der Waals surface area contributed by atoms with E-state index in [1.54, 1.807) is 6.20 Å². The van der Waals surface area contributed by atoms with Crippen molar-refractivity contribution < 1.29 is 19.1 Å². The molecule has 6 nitrogen and oxygen atoms in total. The third-order valence-corrected chi connectivity index (χ3v) is 3.36.